The van der Waals surface area contributed by atoms with Crippen LogP contribution in [0, 0.1) is 6.92 Å². The van der Waals surface area contributed by atoms with Crippen molar-refractivity contribution in [2.45, 2.75) is 13.5 Å². The molecular formula is C14H17N3O2. The van der Waals surface area contributed by atoms with Gasteiger partial charge in [-0.25, -0.2) is 9.97 Å². The van der Waals surface area contributed by atoms with E-state index in [0.717, 1.165) is 22.7 Å². The monoisotopic (exact) mass is 259 g/mol. The average molecular weight is 259 g/mol. The van der Waals surface area contributed by atoms with Gasteiger partial charge in [-0.3, -0.25) is 0 Å². The van der Waals surface area contributed by atoms with Crippen LogP contribution in [0.25, 0.3) is 0 Å². The maximum absolute atomic E-state index is 5.16. The van der Waals surface area contributed by atoms with Crippen molar-refractivity contribution in [3.63, 3.8) is 0 Å². The number of ether oxygens (including phenoxy) is 2. The Morgan fingerprint density at radius 1 is 1.05 bits per heavy atom. The van der Waals surface area contributed by atoms with E-state index in [1.165, 1.54) is 6.33 Å². The first-order valence-electron chi connectivity index (χ1n) is 5.97. The largest absolute Gasteiger partial charge is 0.497 e. The highest BCUT2D eigenvalue weighted by molar-refractivity contribution is 5.48. The number of methoxy groups -OCH3 is 2. The Hall–Kier alpha value is -2.30. The van der Waals surface area contributed by atoms with Crippen LogP contribution in [-0.2, 0) is 6.54 Å². The summed E-state index contributed by atoms with van der Waals surface area (Å²) in [6, 6.07) is 7.90. The first-order chi connectivity index (χ1) is 9.24. The lowest BCUT2D eigenvalue weighted by Crippen LogP contribution is -2.05. The molecule has 0 unspecified atom stereocenters. The van der Waals surface area contributed by atoms with Gasteiger partial charge in [-0.05, 0) is 24.6 Å². The van der Waals surface area contributed by atoms with Crippen LogP contribution in [0.15, 0.2) is 30.6 Å². The van der Waals surface area contributed by atoms with E-state index in [2.05, 4.69) is 15.3 Å². The molecule has 5 heteroatoms. The lowest BCUT2D eigenvalue weighted by Gasteiger charge is -2.10. The molecule has 2 rings (SSSR count). The van der Waals surface area contributed by atoms with Gasteiger partial charge < -0.3 is 14.8 Å². The average Bonchev–Trinajstić information content (AvgIpc) is 2.47. The fourth-order valence-corrected chi connectivity index (χ4v) is 1.75. The molecule has 1 aromatic heterocycles. The predicted octanol–water partition coefficient (Wildman–Crippen LogP) is 2.41. The van der Waals surface area contributed by atoms with Gasteiger partial charge in [0, 0.05) is 6.54 Å². The fourth-order valence-electron chi connectivity index (χ4n) is 1.75. The molecule has 19 heavy (non-hydrogen) atoms. The van der Waals surface area contributed by atoms with Crippen molar-refractivity contribution in [3.05, 3.63) is 41.7 Å². The number of hydrogen-bond donors (Lipinski definition) is 1. The third kappa shape index (κ3) is 3.13. The molecule has 0 fully saturated rings. The third-order valence-corrected chi connectivity index (χ3v) is 2.85. The Morgan fingerprint density at radius 3 is 2.42 bits per heavy atom. The van der Waals surface area contributed by atoms with Gasteiger partial charge in [-0.15, -0.1) is 0 Å². The summed E-state index contributed by atoms with van der Waals surface area (Å²) in [5.41, 5.74) is 2.05. The second-order valence-electron chi connectivity index (χ2n) is 4.06. The molecule has 100 valence electrons. The molecule has 0 amide bonds. The zero-order chi connectivity index (χ0) is 13.7. The molecule has 0 aliphatic carbocycles. The highest BCUT2D eigenvalue weighted by Crippen LogP contribution is 2.20. The summed E-state index contributed by atoms with van der Waals surface area (Å²) in [6.07, 6.45) is 1.49. The van der Waals surface area contributed by atoms with Gasteiger partial charge in [0.25, 0.3) is 0 Å². The number of benzene rings is 1. The first kappa shape index (κ1) is 13.1. The number of nitrogens with zero attached hydrogens (tertiary/aromatic N) is 2. The van der Waals surface area contributed by atoms with E-state index in [1.807, 2.05) is 31.2 Å². The molecular weight excluding hydrogens is 242 g/mol. The molecule has 2 aromatic rings. The summed E-state index contributed by atoms with van der Waals surface area (Å²) < 4.78 is 10.3. The topological polar surface area (TPSA) is 56.3 Å². The van der Waals surface area contributed by atoms with Crippen molar-refractivity contribution in [1.82, 2.24) is 9.97 Å². The van der Waals surface area contributed by atoms with Crippen LogP contribution >= 0.6 is 0 Å². The third-order valence-electron chi connectivity index (χ3n) is 2.85. The van der Waals surface area contributed by atoms with Gasteiger partial charge in [-0.1, -0.05) is 12.1 Å². The summed E-state index contributed by atoms with van der Waals surface area (Å²) in [6.45, 7) is 2.61. The van der Waals surface area contributed by atoms with E-state index >= 15 is 0 Å². The fraction of sp³-hybridized carbons (Fsp3) is 0.286. The van der Waals surface area contributed by atoms with Gasteiger partial charge in [0.2, 0.25) is 5.88 Å². The minimum Gasteiger partial charge on any atom is -0.497 e. The molecule has 0 spiro atoms. The SMILES string of the molecule is COc1ccc(CNc2ncnc(OC)c2C)cc1. The van der Waals surface area contributed by atoms with Crippen LogP contribution in [0.3, 0.4) is 0 Å². The van der Waals surface area contributed by atoms with Gasteiger partial charge in [0.1, 0.15) is 17.9 Å². The van der Waals surface area contributed by atoms with Gasteiger partial charge in [-0.2, -0.15) is 0 Å². The molecule has 1 heterocycles. The Balaban J connectivity index is 2.05. The smallest absolute Gasteiger partial charge is 0.221 e. The molecule has 1 N–H and O–H groups in total. The molecule has 0 aliphatic rings. The molecule has 0 saturated heterocycles. The van der Waals surface area contributed by atoms with Crippen LogP contribution in [0.1, 0.15) is 11.1 Å². The maximum Gasteiger partial charge on any atom is 0.221 e. The lowest BCUT2D eigenvalue weighted by molar-refractivity contribution is 0.393. The number of nitrogens with one attached hydrogen (secondary N) is 1. The van der Waals surface area contributed by atoms with Crippen LogP contribution in [-0.4, -0.2) is 24.2 Å². The van der Waals surface area contributed by atoms with Crippen LogP contribution in [0.4, 0.5) is 5.82 Å². The van der Waals surface area contributed by atoms with Gasteiger partial charge >= 0.3 is 0 Å². The minimum atomic E-state index is 0.590. The van der Waals surface area contributed by atoms with E-state index in [0.29, 0.717) is 12.4 Å². The number of aromatic nitrogens is 2. The highest BCUT2D eigenvalue weighted by Gasteiger charge is 2.06. The van der Waals surface area contributed by atoms with E-state index in [9.17, 15) is 0 Å². The molecule has 0 aliphatic heterocycles. The van der Waals surface area contributed by atoms with Crippen molar-refractivity contribution in [1.29, 1.82) is 0 Å². The van der Waals surface area contributed by atoms with Crippen molar-refractivity contribution in [2.24, 2.45) is 0 Å². The zero-order valence-electron chi connectivity index (χ0n) is 11.3. The van der Waals surface area contributed by atoms with Gasteiger partial charge in [0.15, 0.2) is 0 Å². The summed E-state index contributed by atoms with van der Waals surface area (Å²) in [5, 5.41) is 3.27. The Kier molecular flexibility index (Phi) is 4.18. The highest BCUT2D eigenvalue weighted by atomic mass is 16.5. The van der Waals surface area contributed by atoms with Crippen molar-refractivity contribution in [2.75, 3.05) is 19.5 Å². The molecule has 0 atom stereocenters. The first-order valence-corrected chi connectivity index (χ1v) is 5.97. The summed E-state index contributed by atoms with van der Waals surface area (Å²) in [7, 11) is 3.26. The van der Waals surface area contributed by atoms with E-state index in [1.54, 1.807) is 14.2 Å². The number of rotatable bonds is 5. The molecule has 0 bridgehead atoms. The second kappa shape index (κ2) is 6.04. The molecule has 5 nitrogen and oxygen atoms in total. The van der Waals surface area contributed by atoms with Crippen LogP contribution < -0.4 is 14.8 Å². The van der Waals surface area contributed by atoms with Crippen molar-refractivity contribution in [3.8, 4) is 11.6 Å². The molecule has 1 aromatic carbocycles. The van der Waals surface area contributed by atoms with Crippen molar-refractivity contribution < 1.29 is 9.47 Å². The normalized spacial score (nSPS) is 10.1. The zero-order valence-corrected chi connectivity index (χ0v) is 11.3. The summed E-state index contributed by atoms with van der Waals surface area (Å²) >= 11 is 0. The van der Waals surface area contributed by atoms with Crippen LogP contribution in [0.2, 0.25) is 0 Å². The summed E-state index contributed by atoms with van der Waals surface area (Å²) in [4.78, 5) is 8.25. The number of hydrogen-bond acceptors (Lipinski definition) is 5. The molecule has 0 radical (unpaired) electrons. The predicted molar refractivity (Wildman–Crippen MR) is 73.6 cm³/mol. The number of anilines is 1. The maximum atomic E-state index is 5.16. The Bertz CT molecular complexity index is 541. The standard InChI is InChI=1S/C14H17N3O2/c1-10-13(16-9-17-14(10)19-3)15-8-11-4-6-12(18-2)7-5-11/h4-7,9H,8H2,1-3H3,(H,15,16,17). The van der Waals surface area contributed by atoms with Crippen LogP contribution in [0.5, 0.6) is 11.6 Å². The Labute approximate surface area is 112 Å². The quantitative estimate of drug-likeness (QED) is 0.893. The Morgan fingerprint density at radius 2 is 1.79 bits per heavy atom. The minimum absolute atomic E-state index is 0.590. The summed E-state index contributed by atoms with van der Waals surface area (Å²) in [5.74, 6) is 2.22. The molecule has 0 saturated carbocycles. The van der Waals surface area contributed by atoms with Crippen molar-refractivity contribution >= 4 is 5.82 Å². The van der Waals surface area contributed by atoms with E-state index in [-0.39, 0.29) is 0 Å². The van der Waals surface area contributed by atoms with Gasteiger partial charge in [0.05, 0.1) is 19.8 Å². The van der Waals surface area contributed by atoms with E-state index < -0.39 is 0 Å². The second-order valence-corrected chi connectivity index (χ2v) is 4.06. The lowest BCUT2D eigenvalue weighted by atomic mass is 10.2. The van der Waals surface area contributed by atoms with E-state index in [4.69, 9.17) is 9.47 Å².